The third-order valence-electron chi connectivity index (χ3n) is 4.64. The van der Waals surface area contributed by atoms with Crippen LogP contribution in [0.5, 0.6) is 0 Å². The van der Waals surface area contributed by atoms with Crippen LogP contribution in [0, 0.1) is 0 Å². The van der Waals surface area contributed by atoms with Gasteiger partial charge in [0.25, 0.3) is 0 Å². The number of carbonyl (C=O) groups excluding carboxylic acids is 2. The molecule has 2 aromatic rings. The molecule has 1 aliphatic carbocycles. The Bertz CT molecular complexity index is 839. The number of benzene rings is 2. The number of unbranched alkanes of at least 4 members (excludes halogenated alkanes) is 3. The van der Waals surface area contributed by atoms with Crippen LogP contribution in [0.4, 0.5) is 5.69 Å². The molecule has 0 heterocycles. The van der Waals surface area contributed by atoms with E-state index in [1.54, 1.807) is 24.3 Å². The molecule has 0 saturated carbocycles. The number of alkyl halides is 1. The van der Waals surface area contributed by atoms with Crippen molar-refractivity contribution in [1.29, 1.82) is 0 Å². The van der Waals surface area contributed by atoms with Crippen LogP contribution in [0.1, 0.15) is 58.9 Å². The van der Waals surface area contributed by atoms with Gasteiger partial charge in [0.15, 0.2) is 5.78 Å². The van der Waals surface area contributed by atoms with Crippen LogP contribution >= 0.6 is 11.6 Å². The van der Waals surface area contributed by atoms with Crippen molar-refractivity contribution in [3.05, 3.63) is 65.2 Å². The summed E-state index contributed by atoms with van der Waals surface area (Å²) in [5.41, 5.74) is 2.75. The van der Waals surface area contributed by atoms with Crippen molar-refractivity contribution in [2.24, 2.45) is 4.99 Å². The van der Waals surface area contributed by atoms with Crippen LogP contribution in [0.25, 0.3) is 0 Å². The Labute approximate surface area is 159 Å². The summed E-state index contributed by atoms with van der Waals surface area (Å²) in [6.07, 6.45) is 5.95. The summed E-state index contributed by atoms with van der Waals surface area (Å²) in [6, 6.07) is 14.6. The molecule has 0 saturated heterocycles. The maximum absolute atomic E-state index is 12.7. The van der Waals surface area contributed by atoms with Gasteiger partial charge in [-0.2, -0.15) is 0 Å². The third-order valence-corrected chi connectivity index (χ3v) is 5.05. The summed E-state index contributed by atoms with van der Waals surface area (Å²) in [5, 5.41) is -1.04. The Morgan fingerprint density at radius 2 is 1.62 bits per heavy atom. The van der Waals surface area contributed by atoms with E-state index >= 15 is 0 Å². The van der Waals surface area contributed by atoms with Gasteiger partial charge in [-0.1, -0.05) is 62.6 Å². The number of halogens is 1. The molecule has 3 nitrogen and oxygen atoms in total. The van der Waals surface area contributed by atoms with Gasteiger partial charge in [-0.05, 0) is 30.5 Å². The summed E-state index contributed by atoms with van der Waals surface area (Å²) in [6.45, 7) is 2.20. The second-order valence-electron chi connectivity index (χ2n) is 6.58. The fourth-order valence-electron chi connectivity index (χ4n) is 3.15. The summed E-state index contributed by atoms with van der Waals surface area (Å²) in [5.74, 6) is -0.544. The largest absolute Gasteiger partial charge is 0.292 e. The fourth-order valence-corrected chi connectivity index (χ4v) is 3.41. The molecule has 0 aliphatic heterocycles. The van der Waals surface area contributed by atoms with Gasteiger partial charge in [-0.3, -0.25) is 9.59 Å². The quantitative estimate of drug-likeness (QED) is 0.495. The Morgan fingerprint density at radius 1 is 0.923 bits per heavy atom. The molecule has 1 unspecified atom stereocenters. The topological polar surface area (TPSA) is 46.5 Å². The van der Waals surface area contributed by atoms with Crippen molar-refractivity contribution in [2.75, 3.05) is 0 Å². The second kappa shape index (κ2) is 8.41. The summed E-state index contributed by atoms with van der Waals surface area (Å²) in [7, 11) is 0. The fraction of sp³-hybridized carbons (Fsp3) is 0.318. The molecule has 0 spiro atoms. The van der Waals surface area contributed by atoms with Gasteiger partial charge in [-0.25, -0.2) is 4.99 Å². The molecular formula is C22H22ClNO2. The zero-order valence-electron chi connectivity index (χ0n) is 14.9. The van der Waals surface area contributed by atoms with E-state index in [1.807, 2.05) is 24.3 Å². The molecule has 0 radical (unpaired) electrons. The molecule has 2 aromatic carbocycles. The van der Waals surface area contributed by atoms with Gasteiger partial charge in [0, 0.05) is 11.1 Å². The molecular weight excluding hydrogens is 346 g/mol. The molecule has 0 aromatic heterocycles. The van der Waals surface area contributed by atoms with E-state index in [4.69, 9.17) is 11.6 Å². The van der Waals surface area contributed by atoms with Gasteiger partial charge in [0.1, 0.15) is 11.1 Å². The second-order valence-corrected chi connectivity index (χ2v) is 7.01. The lowest BCUT2D eigenvalue weighted by molar-refractivity contribution is 0.0968. The standard InChI is InChI=1S/C22H22ClNO2/c1-2-3-4-5-8-15-11-13-16(14-12-15)24-20-19(23)21(25)17-9-6-7-10-18(17)22(20)26/h6-7,9-14,19H,2-5,8H2,1H3. The number of carbonyl (C=O) groups is 2. The lowest BCUT2D eigenvalue weighted by Gasteiger charge is -2.19. The minimum absolute atomic E-state index is 0.103. The first kappa shape index (κ1) is 18.5. The number of aryl methyl sites for hydroxylation is 1. The molecule has 0 fully saturated rings. The molecule has 3 rings (SSSR count). The van der Waals surface area contributed by atoms with Crippen molar-refractivity contribution in [3.8, 4) is 0 Å². The maximum Gasteiger partial charge on any atom is 0.209 e. The summed E-state index contributed by atoms with van der Waals surface area (Å²) >= 11 is 6.23. The van der Waals surface area contributed by atoms with Crippen LogP contribution < -0.4 is 0 Å². The number of rotatable bonds is 6. The molecule has 1 atom stereocenters. The van der Waals surface area contributed by atoms with E-state index < -0.39 is 5.38 Å². The smallest absolute Gasteiger partial charge is 0.209 e. The van der Waals surface area contributed by atoms with Gasteiger partial charge in [0.05, 0.1) is 5.69 Å². The molecule has 0 bridgehead atoms. The predicted octanol–water partition coefficient (Wildman–Crippen LogP) is 5.57. The lowest BCUT2D eigenvalue weighted by Crippen LogP contribution is -2.37. The highest BCUT2D eigenvalue weighted by Gasteiger charge is 2.37. The molecule has 1 aliphatic rings. The first-order valence-electron chi connectivity index (χ1n) is 9.11. The minimum atomic E-state index is -1.04. The average molecular weight is 368 g/mol. The number of fused-ring (bicyclic) bond motifs is 1. The van der Waals surface area contributed by atoms with Crippen LogP contribution in [0.15, 0.2) is 53.5 Å². The van der Waals surface area contributed by atoms with Gasteiger partial charge >= 0.3 is 0 Å². The number of aliphatic imine (C=N–C) groups is 1. The molecule has 0 amide bonds. The molecule has 4 heteroatoms. The van der Waals surface area contributed by atoms with Crippen molar-refractivity contribution in [3.63, 3.8) is 0 Å². The SMILES string of the molecule is CCCCCCc1ccc(N=C2C(=O)c3ccccc3C(=O)C2Cl)cc1. The van der Waals surface area contributed by atoms with E-state index in [9.17, 15) is 9.59 Å². The number of nitrogens with zero attached hydrogens (tertiary/aromatic N) is 1. The predicted molar refractivity (Wildman–Crippen MR) is 106 cm³/mol. The lowest BCUT2D eigenvalue weighted by atomic mass is 9.88. The summed E-state index contributed by atoms with van der Waals surface area (Å²) < 4.78 is 0. The van der Waals surface area contributed by atoms with E-state index in [1.165, 1.54) is 31.2 Å². The Balaban J connectivity index is 1.79. The van der Waals surface area contributed by atoms with Crippen molar-refractivity contribution >= 4 is 34.6 Å². The Kier molecular flexibility index (Phi) is 6.00. The highest BCUT2D eigenvalue weighted by Crippen LogP contribution is 2.26. The maximum atomic E-state index is 12.7. The zero-order chi connectivity index (χ0) is 18.5. The number of hydrogen-bond donors (Lipinski definition) is 0. The Hall–Kier alpha value is -2.26. The first-order valence-corrected chi connectivity index (χ1v) is 9.55. The highest BCUT2D eigenvalue weighted by atomic mass is 35.5. The third kappa shape index (κ3) is 3.94. The zero-order valence-corrected chi connectivity index (χ0v) is 15.6. The number of Topliss-reactive ketones (excluding diaryl/α,β-unsaturated/α-hetero) is 2. The molecule has 0 N–H and O–H groups in total. The van der Waals surface area contributed by atoms with Gasteiger partial charge < -0.3 is 0 Å². The van der Waals surface area contributed by atoms with Gasteiger partial charge in [0.2, 0.25) is 5.78 Å². The first-order chi connectivity index (χ1) is 12.6. The van der Waals surface area contributed by atoms with Crippen molar-refractivity contribution < 1.29 is 9.59 Å². The highest BCUT2D eigenvalue weighted by molar-refractivity contribution is 6.65. The molecule has 134 valence electrons. The van der Waals surface area contributed by atoms with E-state index in [-0.39, 0.29) is 17.3 Å². The molecule has 26 heavy (non-hydrogen) atoms. The minimum Gasteiger partial charge on any atom is -0.292 e. The van der Waals surface area contributed by atoms with Crippen LogP contribution in [0.2, 0.25) is 0 Å². The van der Waals surface area contributed by atoms with Crippen LogP contribution in [-0.2, 0) is 6.42 Å². The Morgan fingerprint density at radius 3 is 2.31 bits per heavy atom. The monoisotopic (exact) mass is 367 g/mol. The van der Waals surface area contributed by atoms with Crippen molar-refractivity contribution in [1.82, 2.24) is 0 Å². The normalized spacial score (nSPS) is 18.2. The van der Waals surface area contributed by atoms with E-state index in [0.29, 0.717) is 16.8 Å². The summed E-state index contributed by atoms with van der Waals surface area (Å²) in [4.78, 5) is 29.5. The number of hydrogen-bond acceptors (Lipinski definition) is 3. The number of ketones is 2. The van der Waals surface area contributed by atoms with E-state index in [2.05, 4.69) is 11.9 Å². The van der Waals surface area contributed by atoms with E-state index in [0.717, 1.165) is 6.42 Å². The van der Waals surface area contributed by atoms with Crippen LogP contribution in [-0.4, -0.2) is 22.7 Å². The van der Waals surface area contributed by atoms with Crippen LogP contribution in [0.3, 0.4) is 0 Å². The average Bonchev–Trinajstić information content (AvgIpc) is 2.68. The van der Waals surface area contributed by atoms with Gasteiger partial charge in [-0.15, -0.1) is 11.6 Å². The van der Waals surface area contributed by atoms with Crippen molar-refractivity contribution in [2.45, 2.75) is 44.4 Å².